The second-order valence-electron chi connectivity index (χ2n) is 5.27. The molecule has 0 aliphatic carbocycles. The summed E-state index contributed by atoms with van der Waals surface area (Å²) in [5, 5.41) is 11.3. The second kappa shape index (κ2) is 5.53. The lowest BCUT2D eigenvalue weighted by atomic mass is 10.1. The minimum atomic E-state index is 0.429. The van der Waals surface area contributed by atoms with Crippen molar-refractivity contribution in [3.63, 3.8) is 0 Å². The van der Waals surface area contributed by atoms with E-state index in [0.29, 0.717) is 17.4 Å². The summed E-state index contributed by atoms with van der Waals surface area (Å²) < 4.78 is 5.38. The molecule has 23 heavy (non-hydrogen) atoms. The molecule has 5 heteroatoms. The van der Waals surface area contributed by atoms with Crippen molar-refractivity contribution in [3.05, 3.63) is 66.2 Å². The Morgan fingerprint density at radius 2 is 1.74 bits per heavy atom. The van der Waals surface area contributed by atoms with Gasteiger partial charge in [0.25, 0.3) is 5.89 Å². The number of aromatic nitrogens is 4. The lowest BCUT2D eigenvalue weighted by molar-refractivity contribution is 0.431. The van der Waals surface area contributed by atoms with E-state index in [-0.39, 0.29) is 0 Å². The lowest BCUT2D eigenvalue weighted by Gasteiger charge is -1.97. The van der Waals surface area contributed by atoms with E-state index in [1.807, 2.05) is 67.6 Å². The molecular formula is C18H14N4O. The normalized spacial score (nSPS) is 10.8. The molecule has 112 valence electrons. The average Bonchev–Trinajstić information content (AvgIpc) is 3.25. The Balaban J connectivity index is 1.68. The fourth-order valence-electron chi connectivity index (χ4n) is 2.45. The molecular weight excluding hydrogens is 288 g/mol. The van der Waals surface area contributed by atoms with Gasteiger partial charge >= 0.3 is 0 Å². The van der Waals surface area contributed by atoms with Gasteiger partial charge in [-0.15, -0.1) is 0 Å². The first-order chi connectivity index (χ1) is 11.3. The van der Waals surface area contributed by atoms with Gasteiger partial charge in [-0.3, -0.25) is 5.10 Å². The van der Waals surface area contributed by atoms with Crippen LogP contribution in [0.2, 0.25) is 0 Å². The number of aromatic amines is 1. The highest BCUT2D eigenvalue weighted by atomic mass is 16.5. The van der Waals surface area contributed by atoms with Crippen LogP contribution in [-0.4, -0.2) is 20.3 Å². The molecule has 5 nitrogen and oxygen atoms in total. The van der Waals surface area contributed by atoms with E-state index in [9.17, 15) is 0 Å². The first-order valence-corrected chi connectivity index (χ1v) is 7.32. The summed E-state index contributed by atoms with van der Waals surface area (Å²) in [5.74, 6) is 1.01. The highest BCUT2D eigenvalue weighted by Crippen LogP contribution is 2.25. The zero-order valence-electron chi connectivity index (χ0n) is 12.5. The molecule has 2 aromatic carbocycles. The van der Waals surface area contributed by atoms with E-state index in [0.717, 1.165) is 22.4 Å². The zero-order chi connectivity index (χ0) is 15.6. The summed E-state index contributed by atoms with van der Waals surface area (Å²) in [6.45, 7) is 2.02. The van der Waals surface area contributed by atoms with E-state index in [2.05, 4.69) is 20.3 Å². The summed E-state index contributed by atoms with van der Waals surface area (Å²) in [6, 6.07) is 19.8. The fourth-order valence-corrected chi connectivity index (χ4v) is 2.45. The van der Waals surface area contributed by atoms with Crippen LogP contribution in [0.15, 0.2) is 65.2 Å². The SMILES string of the molecule is Cc1ccccc1-c1noc(-c2cc(-c3ccccc3)n[nH]2)n1. The van der Waals surface area contributed by atoms with Crippen LogP contribution in [0, 0.1) is 6.92 Å². The molecule has 0 bridgehead atoms. The first kappa shape index (κ1) is 13.5. The minimum Gasteiger partial charge on any atom is -0.332 e. The lowest BCUT2D eigenvalue weighted by Crippen LogP contribution is -1.84. The molecule has 0 saturated carbocycles. The van der Waals surface area contributed by atoms with Crippen molar-refractivity contribution in [2.24, 2.45) is 0 Å². The van der Waals surface area contributed by atoms with E-state index < -0.39 is 0 Å². The highest BCUT2D eigenvalue weighted by Gasteiger charge is 2.14. The number of nitrogens with zero attached hydrogens (tertiary/aromatic N) is 3. The van der Waals surface area contributed by atoms with E-state index in [1.165, 1.54) is 0 Å². The monoisotopic (exact) mass is 302 g/mol. The Morgan fingerprint density at radius 1 is 0.957 bits per heavy atom. The molecule has 0 unspecified atom stereocenters. The Morgan fingerprint density at radius 3 is 2.57 bits per heavy atom. The molecule has 0 amide bonds. The van der Waals surface area contributed by atoms with Crippen LogP contribution in [0.4, 0.5) is 0 Å². The van der Waals surface area contributed by atoms with E-state index in [4.69, 9.17) is 4.52 Å². The average molecular weight is 302 g/mol. The summed E-state index contributed by atoms with van der Waals surface area (Å²) >= 11 is 0. The molecule has 2 aromatic heterocycles. The minimum absolute atomic E-state index is 0.429. The number of benzene rings is 2. The van der Waals surface area contributed by atoms with E-state index >= 15 is 0 Å². The van der Waals surface area contributed by atoms with Crippen LogP contribution in [-0.2, 0) is 0 Å². The van der Waals surface area contributed by atoms with Crippen LogP contribution in [0.1, 0.15) is 5.56 Å². The molecule has 4 rings (SSSR count). The quantitative estimate of drug-likeness (QED) is 0.618. The van der Waals surface area contributed by atoms with Gasteiger partial charge in [0, 0.05) is 11.1 Å². The van der Waals surface area contributed by atoms with Crippen LogP contribution >= 0.6 is 0 Å². The number of H-pyrrole nitrogens is 1. The molecule has 0 aliphatic rings. The number of rotatable bonds is 3. The topological polar surface area (TPSA) is 67.6 Å². The Kier molecular flexibility index (Phi) is 3.24. The van der Waals surface area contributed by atoms with E-state index in [1.54, 1.807) is 0 Å². The molecule has 0 radical (unpaired) electrons. The van der Waals surface area contributed by atoms with Crippen molar-refractivity contribution in [2.75, 3.05) is 0 Å². The van der Waals surface area contributed by atoms with Gasteiger partial charge in [-0.25, -0.2) is 0 Å². The molecule has 2 heterocycles. The molecule has 0 spiro atoms. The van der Waals surface area contributed by atoms with Crippen LogP contribution in [0.25, 0.3) is 34.2 Å². The first-order valence-electron chi connectivity index (χ1n) is 7.32. The van der Waals surface area contributed by atoms with Crippen molar-refractivity contribution in [3.8, 4) is 34.2 Å². The Labute approximate surface area is 133 Å². The summed E-state index contributed by atoms with van der Waals surface area (Å²) in [4.78, 5) is 4.47. The van der Waals surface area contributed by atoms with Crippen molar-refractivity contribution in [1.82, 2.24) is 20.3 Å². The molecule has 0 fully saturated rings. The second-order valence-corrected chi connectivity index (χ2v) is 5.27. The summed E-state index contributed by atoms with van der Waals surface area (Å²) in [7, 11) is 0. The molecule has 1 N–H and O–H groups in total. The molecule has 0 saturated heterocycles. The third-order valence-electron chi connectivity index (χ3n) is 3.69. The summed E-state index contributed by atoms with van der Waals surface area (Å²) in [5.41, 5.74) is 4.65. The van der Waals surface area contributed by atoms with Crippen LogP contribution in [0.5, 0.6) is 0 Å². The fraction of sp³-hybridized carbons (Fsp3) is 0.0556. The van der Waals surface area contributed by atoms with Gasteiger partial charge in [0.2, 0.25) is 5.82 Å². The van der Waals surface area contributed by atoms with Gasteiger partial charge in [-0.2, -0.15) is 10.1 Å². The van der Waals surface area contributed by atoms with Gasteiger partial charge in [0.1, 0.15) is 5.69 Å². The molecule has 0 aliphatic heterocycles. The van der Waals surface area contributed by atoms with Crippen LogP contribution < -0.4 is 0 Å². The predicted molar refractivity (Wildman–Crippen MR) is 87.5 cm³/mol. The Bertz CT molecular complexity index is 940. The van der Waals surface area contributed by atoms with Crippen molar-refractivity contribution in [2.45, 2.75) is 6.92 Å². The molecule has 4 aromatic rings. The number of hydrogen-bond acceptors (Lipinski definition) is 4. The van der Waals surface area contributed by atoms with Gasteiger partial charge < -0.3 is 4.52 Å². The highest BCUT2D eigenvalue weighted by molar-refractivity contribution is 5.66. The number of nitrogens with one attached hydrogen (secondary N) is 1. The van der Waals surface area contributed by atoms with Gasteiger partial charge in [0.05, 0.1) is 5.69 Å². The summed E-state index contributed by atoms with van der Waals surface area (Å²) in [6.07, 6.45) is 0. The van der Waals surface area contributed by atoms with Crippen LogP contribution in [0.3, 0.4) is 0 Å². The van der Waals surface area contributed by atoms with Gasteiger partial charge in [-0.1, -0.05) is 59.8 Å². The smallest absolute Gasteiger partial charge is 0.276 e. The standard InChI is InChI=1S/C18H14N4O/c1-12-7-5-6-10-14(12)17-19-18(23-22-17)16-11-15(20-21-16)13-8-3-2-4-9-13/h2-11H,1H3,(H,20,21). The molecule has 0 atom stereocenters. The van der Waals surface area contributed by atoms with Crippen molar-refractivity contribution >= 4 is 0 Å². The maximum Gasteiger partial charge on any atom is 0.276 e. The van der Waals surface area contributed by atoms with Gasteiger partial charge in [-0.05, 0) is 18.6 Å². The van der Waals surface area contributed by atoms with Crippen molar-refractivity contribution in [1.29, 1.82) is 0 Å². The predicted octanol–water partition coefficient (Wildman–Crippen LogP) is 4.10. The number of aryl methyl sites for hydroxylation is 1. The van der Waals surface area contributed by atoms with Gasteiger partial charge in [0.15, 0.2) is 0 Å². The Hall–Kier alpha value is -3.21. The van der Waals surface area contributed by atoms with Crippen molar-refractivity contribution < 1.29 is 4.52 Å². The maximum atomic E-state index is 5.38. The maximum absolute atomic E-state index is 5.38. The number of hydrogen-bond donors (Lipinski definition) is 1. The third kappa shape index (κ3) is 2.53. The zero-order valence-corrected chi connectivity index (χ0v) is 12.5. The third-order valence-corrected chi connectivity index (χ3v) is 3.69. The largest absolute Gasteiger partial charge is 0.332 e.